The minimum atomic E-state index is -0.628. The van der Waals surface area contributed by atoms with Gasteiger partial charge in [0.15, 0.2) is 5.37 Å². The smallest absolute Gasteiger partial charge is 0.295 e. The zero-order valence-corrected chi connectivity index (χ0v) is 13.6. The summed E-state index contributed by atoms with van der Waals surface area (Å²) >= 11 is 0.982. The van der Waals surface area contributed by atoms with Crippen molar-refractivity contribution in [2.75, 3.05) is 17.3 Å². The first kappa shape index (κ1) is 15.4. The van der Waals surface area contributed by atoms with Gasteiger partial charge in [0.05, 0.1) is 12.8 Å². The summed E-state index contributed by atoms with van der Waals surface area (Å²) in [5.41, 5.74) is 2.36. The van der Waals surface area contributed by atoms with E-state index in [4.69, 9.17) is 4.74 Å². The fourth-order valence-corrected chi connectivity index (χ4v) is 3.24. The second-order valence-corrected chi connectivity index (χ2v) is 6.21. The van der Waals surface area contributed by atoms with Crippen LogP contribution in [-0.2, 0) is 4.79 Å². The molecule has 0 spiro atoms. The molecule has 1 fully saturated rings. The van der Waals surface area contributed by atoms with Gasteiger partial charge >= 0.3 is 0 Å². The summed E-state index contributed by atoms with van der Waals surface area (Å²) in [4.78, 5) is 26.0. The lowest BCUT2D eigenvalue weighted by molar-refractivity contribution is -0.116. The number of amides is 2. The van der Waals surface area contributed by atoms with Gasteiger partial charge in [-0.2, -0.15) is 0 Å². The maximum atomic E-state index is 12.6. The number of anilines is 2. The van der Waals surface area contributed by atoms with Crippen molar-refractivity contribution in [2.45, 2.75) is 12.3 Å². The van der Waals surface area contributed by atoms with Crippen LogP contribution in [0.25, 0.3) is 0 Å². The minimum absolute atomic E-state index is 0.263. The van der Waals surface area contributed by atoms with Crippen molar-refractivity contribution in [3.05, 3.63) is 54.1 Å². The number of aryl methyl sites for hydroxylation is 1. The number of methoxy groups -OCH3 is 1. The molecule has 2 aromatic carbocycles. The molecule has 0 radical (unpaired) electrons. The van der Waals surface area contributed by atoms with Gasteiger partial charge in [-0.1, -0.05) is 12.1 Å². The van der Waals surface area contributed by atoms with Crippen LogP contribution in [0.3, 0.4) is 0 Å². The van der Waals surface area contributed by atoms with E-state index < -0.39 is 5.37 Å². The van der Waals surface area contributed by atoms with Crippen LogP contribution in [0, 0.1) is 6.92 Å². The molecule has 2 aromatic rings. The summed E-state index contributed by atoms with van der Waals surface area (Å²) in [7, 11) is 1.59. The second-order valence-electron chi connectivity index (χ2n) is 5.15. The number of hydrogen-bond acceptors (Lipinski definition) is 5. The Morgan fingerprint density at radius 3 is 2.52 bits per heavy atom. The highest BCUT2D eigenvalue weighted by molar-refractivity contribution is 8.16. The van der Waals surface area contributed by atoms with Gasteiger partial charge in [-0.25, -0.2) is 4.90 Å². The highest BCUT2D eigenvalue weighted by Crippen LogP contribution is 2.33. The second kappa shape index (κ2) is 6.34. The van der Waals surface area contributed by atoms with Crippen molar-refractivity contribution < 1.29 is 14.3 Å². The van der Waals surface area contributed by atoms with Gasteiger partial charge in [0.25, 0.3) is 11.1 Å². The van der Waals surface area contributed by atoms with Crippen LogP contribution >= 0.6 is 11.8 Å². The summed E-state index contributed by atoms with van der Waals surface area (Å²) < 4.78 is 5.10. The molecule has 23 heavy (non-hydrogen) atoms. The fourth-order valence-electron chi connectivity index (χ4n) is 2.34. The molecule has 1 heterocycles. The van der Waals surface area contributed by atoms with Crippen LogP contribution in [0.15, 0.2) is 48.5 Å². The number of carbonyl (C=O) groups is 2. The van der Waals surface area contributed by atoms with Gasteiger partial charge in [-0.05, 0) is 60.6 Å². The Kier molecular flexibility index (Phi) is 4.25. The van der Waals surface area contributed by atoms with Crippen molar-refractivity contribution in [2.24, 2.45) is 0 Å². The molecule has 3 rings (SSSR count). The predicted octanol–water partition coefficient (Wildman–Crippen LogP) is 3.64. The van der Waals surface area contributed by atoms with E-state index >= 15 is 0 Å². The summed E-state index contributed by atoms with van der Waals surface area (Å²) in [5.74, 6) is 0.472. The van der Waals surface area contributed by atoms with Crippen molar-refractivity contribution >= 4 is 34.3 Å². The van der Waals surface area contributed by atoms with Crippen molar-refractivity contribution in [1.82, 2.24) is 0 Å². The van der Waals surface area contributed by atoms with Crippen LogP contribution in [-0.4, -0.2) is 23.6 Å². The number of hydrogen-bond donors (Lipinski definition) is 1. The van der Waals surface area contributed by atoms with E-state index in [2.05, 4.69) is 5.32 Å². The molecular formula is C17H16N2O3S. The summed E-state index contributed by atoms with van der Waals surface area (Å²) in [5, 5.41) is 2.18. The summed E-state index contributed by atoms with van der Waals surface area (Å²) in [6, 6.07) is 14.6. The Morgan fingerprint density at radius 2 is 1.87 bits per heavy atom. The first-order valence-electron chi connectivity index (χ1n) is 7.10. The zero-order valence-electron chi connectivity index (χ0n) is 12.8. The zero-order chi connectivity index (χ0) is 16.4. The maximum Gasteiger partial charge on any atom is 0.295 e. The third-order valence-electron chi connectivity index (χ3n) is 3.49. The van der Waals surface area contributed by atoms with Crippen LogP contribution in [0.1, 0.15) is 5.56 Å². The van der Waals surface area contributed by atoms with Gasteiger partial charge in [0.2, 0.25) is 0 Å². The highest BCUT2D eigenvalue weighted by Gasteiger charge is 2.40. The van der Waals surface area contributed by atoms with Gasteiger partial charge in [-0.15, -0.1) is 0 Å². The molecule has 1 aliphatic rings. The molecule has 0 bridgehead atoms. The lowest BCUT2D eigenvalue weighted by Gasteiger charge is -2.15. The van der Waals surface area contributed by atoms with Crippen molar-refractivity contribution in [3.63, 3.8) is 0 Å². The van der Waals surface area contributed by atoms with E-state index in [1.165, 1.54) is 4.90 Å². The number of benzene rings is 2. The normalized spacial score (nSPS) is 17.5. The van der Waals surface area contributed by atoms with Crippen LogP contribution in [0.4, 0.5) is 16.2 Å². The molecule has 1 aliphatic heterocycles. The average molecular weight is 328 g/mol. The van der Waals surface area contributed by atoms with Crippen LogP contribution < -0.4 is 15.0 Å². The number of carbonyl (C=O) groups excluding carboxylic acids is 2. The third kappa shape index (κ3) is 3.17. The standard InChI is InChI=1S/C17H16N2O3S/c1-11-4-3-5-13(10-11)19-16(20)15(23-17(19)21)18-12-6-8-14(22-2)9-7-12/h3-10,15,18H,1-2H3/t15-/m1/s1. The van der Waals surface area contributed by atoms with E-state index in [1.54, 1.807) is 25.3 Å². The lowest BCUT2D eigenvalue weighted by Crippen LogP contribution is -2.34. The van der Waals surface area contributed by atoms with E-state index in [0.29, 0.717) is 5.69 Å². The molecule has 0 unspecified atom stereocenters. The molecule has 0 aliphatic carbocycles. The highest BCUT2D eigenvalue weighted by atomic mass is 32.2. The quantitative estimate of drug-likeness (QED) is 0.928. The van der Waals surface area contributed by atoms with Gasteiger partial charge in [0, 0.05) is 5.69 Å². The van der Waals surface area contributed by atoms with E-state index in [-0.39, 0.29) is 11.1 Å². The maximum absolute atomic E-state index is 12.6. The Labute approximate surface area is 138 Å². The number of rotatable bonds is 4. The molecule has 0 aromatic heterocycles. The molecule has 1 saturated heterocycles. The van der Waals surface area contributed by atoms with Crippen molar-refractivity contribution in [1.29, 1.82) is 0 Å². The number of nitrogens with zero attached hydrogens (tertiary/aromatic N) is 1. The first-order valence-corrected chi connectivity index (χ1v) is 7.98. The van der Waals surface area contributed by atoms with Crippen molar-refractivity contribution in [3.8, 4) is 5.75 Å². The van der Waals surface area contributed by atoms with E-state index in [9.17, 15) is 9.59 Å². The summed E-state index contributed by atoms with van der Waals surface area (Å²) in [6.45, 7) is 1.93. The topological polar surface area (TPSA) is 58.6 Å². The average Bonchev–Trinajstić information content (AvgIpc) is 2.82. The molecule has 2 amide bonds. The molecule has 6 heteroatoms. The largest absolute Gasteiger partial charge is 0.497 e. The Hall–Kier alpha value is -2.47. The molecule has 1 N–H and O–H groups in total. The number of nitrogens with one attached hydrogen (secondary N) is 1. The van der Waals surface area contributed by atoms with Gasteiger partial charge in [-0.3, -0.25) is 9.59 Å². The Balaban J connectivity index is 1.78. The van der Waals surface area contributed by atoms with Gasteiger partial charge < -0.3 is 10.1 Å². The van der Waals surface area contributed by atoms with E-state index in [1.807, 2.05) is 37.3 Å². The monoisotopic (exact) mass is 328 g/mol. The van der Waals surface area contributed by atoms with E-state index in [0.717, 1.165) is 28.8 Å². The third-order valence-corrected chi connectivity index (χ3v) is 4.43. The molecular weight excluding hydrogens is 312 g/mol. The predicted molar refractivity (Wildman–Crippen MR) is 92.1 cm³/mol. The summed E-state index contributed by atoms with van der Waals surface area (Å²) in [6.07, 6.45) is 0. The SMILES string of the molecule is COc1ccc(N[C@@H]2SC(=O)N(c3cccc(C)c3)C2=O)cc1. The number of ether oxygens (including phenoxy) is 1. The van der Waals surface area contributed by atoms with Gasteiger partial charge in [0.1, 0.15) is 5.75 Å². The molecule has 5 nitrogen and oxygen atoms in total. The molecule has 118 valence electrons. The van der Waals surface area contributed by atoms with Crippen LogP contribution in [0.2, 0.25) is 0 Å². The number of imide groups is 1. The molecule has 1 atom stereocenters. The minimum Gasteiger partial charge on any atom is -0.497 e. The fraction of sp³-hybridized carbons (Fsp3) is 0.176. The molecule has 0 saturated carbocycles. The Morgan fingerprint density at radius 1 is 1.13 bits per heavy atom. The number of thioether (sulfide) groups is 1. The first-order chi connectivity index (χ1) is 11.1. The lowest BCUT2D eigenvalue weighted by atomic mass is 10.2. The van der Waals surface area contributed by atoms with Crippen LogP contribution in [0.5, 0.6) is 5.75 Å². The Bertz CT molecular complexity index is 746.